The lowest BCUT2D eigenvalue weighted by Crippen LogP contribution is -2.29. The van der Waals surface area contributed by atoms with Crippen LogP contribution in [0.2, 0.25) is 0 Å². The van der Waals surface area contributed by atoms with Crippen LogP contribution < -0.4 is 5.32 Å². The number of carbonyl (C=O) groups excluding carboxylic acids is 1. The van der Waals surface area contributed by atoms with E-state index in [4.69, 9.17) is 14.6 Å². The first-order chi connectivity index (χ1) is 8.02. The fraction of sp³-hybridized carbons (Fsp3) is 0.833. The molecule has 1 heterocycles. The highest BCUT2D eigenvalue weighted by atomic mass is 16.5. The number of hydrogen-bond donors (Lipinski definition) is 2. The Balaban J connectivity index is 0.000000557. The van der Waals surface area contributed by atoms with Crippen molar-refractivity contribution in [1.29, 1.82) is 0 Å². The molecule has 0 amide bonds. The molecule has 100 valence electrons. The molecule has 1 rings (SSSR count). The second kappa shape index (κ2) is 10.1. The van der Waals surface area contributed by atoms with Gasteiger partial charge in [0.15, 0.2) is 0 Å². The van der Waals surface area contributed by atoms with Gasteiger partial charge in [-0.25, -0.2) is 0 Å². The van der Waals surface area contributed by atoms with Crippen LogP contribution in [0.25, 0.3) is 0 Å². The maximum absolute atomic E-state index is 10.5. The summed E-state index contributed by atoms with van der Waals surface area (Å²) in [6.45, 7) is 5.44. The van der Waals surface area contributed by atoms with Crippen molar-refractivity contribution in [3.63, 3.8) is 0 Å². The molecule has 1 unspecified atom stereocenters. The minimum Gasteiger partial charge on any atom is -0.481 e. The van der Waals surface area contributed by atoms with Crippen LogP contribution in [0.5, 0.6) is 0 Å². The number of carboxylic acids is 1. The standard InChI is InChI=1S/C10H19NO2.C2H4O2/c1-9(12)13-7-3-5-10-4-2-6-11-8-10;1-2(3)4/h10-11H,2-8H2,1H3;1H3,(H,3,4). The van der Waals surface area contributed by atoms with Gasteiger partial charge in [0, 0.05) is 13.8 Å². The summed E-state index contributed by atoms with van der Waals surface area (Å²) in [6, 6.07) is 0. The maximum atomic E-state index is 10.5. The van der Waals surface area contributed by atoms with Crippen LogP contribution in [0.3, 0.4) is 0 Å². The normalized spacial score (nSPS) is 18.8. The molecule has 0 radical (unpaired) electrons. The number of ether oxygens (including phenoxy) is 1. The van der Waals surface area contributed by atoms with Crippen molar-refractivity contribution in [3.8, 4) is 0 Å². The molecule has 1 aliphatic rings. The highest BCUT2D eigenvalue weighted by molar-refractivity contribution is 5.65. The monoisotopic (exact) mass is 245 g/mol. The van der Waals surface area contributed by atoms with E-state index in [2.05, 4.69) is 5.32 Å². The van der Waals surface area contributed by atoms with Crippen molar-refractivity contribution >= 4 is 11.9 Å². The Bertz CT molecular complexity index is 221. The summed E-state index contributed by atoms with van der Waals surface area (Å²) in [6.07, 6.45) is 4.80. The highest BCUT2D eigenvalue weighted by Gasteiger charge is 2.11. The SMILES string of the molecule is CC(=O)O.CC(=O)OCCCC1CCCNC1. The molecule has 0 aromatic rings. The van der Waals surface area contributed by atoms with Crippen LogP contribution in [-0.4, -0.2) is 36.7 Å². The van der Waals surface area contributed by atoms with Crippen molar-refractivity contribution in [2.24, 2.45) is 5.92 Å². The minimum absolute atomic E-state index is 0.165. The van der Waals surface area contributed by atoms with Crippen molar-refractivity contribution in [2.45, 2.75) is 39.5 Å². The van der Waals surface area contributed by atoms with Gasteiger partial charge in [-0.3, -0.25) is 9.59 Å². The lowest BCUT2D eigenvalue weighted by molar-refractivity contribution is -0.141. The van der Waals surface area contributed by atoms with Gasteiger partial charge in [0.1, 0.15) is 0 Å². The van der Waals surface area contributed by atoms with Crippen LogP contribution in [0.15, 0.2) is 0 Å². The molecular formula is C12H23NO4. The van der Waals surface area contributed by atoms with Gasteiger partial charge in [-0.2, -0.15) is 0 Å². The number of carboxylic acid groups (broad SMARTS) is 1. The molecule has 0 saturated carbocycles. The van der Waals surface area contributed by atoms with Gasteiger partial charge in [0.25, 0.3) is 5.97 Å². The number of esters is 1. The summed E-state index contributed by atoms with van der Waals surface area (Å²) >= 11 is 0. The van der Waals surface area contributed by atoms with Gasteiger partial charge in [-0.15, -0.1) is 0 Å². The molecule has 17 heavy (non-hydrogen) atoms. The van der Waals surface area contributed by atoms with Crippen LogP contribution in [0, 0.1) is 5.92 Å². The number of carbonyl (C=O) groups is 2. The molecule has 1 aliphatic heterocycles. The summed E-state index contributed by atoms with van der Waals surface area (Å²) in [7, 11) is 0. The van der Waals surface area contributed by atoms with E-state index in [-0.39, 0.29) is 5.97 Å². The van der Waals surface area contributed by atoms with Crippen molar-refractivity contribution in [3.05, 3.63) is 0 Å². The fourth-order valence-electron chi connectivity index (χ4n) is 1.76. The van der Waals surface area contributed by atoms with Gasteiger partial charge >= 0.3 is 5.97 Å². The second-order valence-electron chi connectivity index (χ2n) is 4.21. The Morgan fingerprint density at radius 3 is 2.53 bits per heavy atom. The first-order valence-electron chi connectivity index (χ1n) is 6.06. The number of hydrogen-bond acceptors (Lipinski definition) is 4. The summed E-state index contributed by atoms with van der Waals surface area (Å²) in [5.41, 5.74) is 0. The molecular weight excluding hydrogens is 222 g/mol. The first-order valence-corrected chi connectivity index (χ1v) is 6.06. The summed E-state index contributed by atoms with van der Waals surface area (Å²) in [4.78, 5) is 19.5. The smallest absolute Gasteiger partial charge is 0.302 e. The van der Waals surface area contributed by atoms with Crippen LogP contribution in [0.4, 0.5) is 0 Å². The molecule has 5 nitrogen and oxygen atoms in total. The highest BCUT2D eigenvalue weighted by Crippen LogP contribution is 2.15. The molecule has 1 fully saturated rings. The predicted molar refractivity (Wildman–Crippen MR) is 64.8 cm³/mol. The van der Waals surface area contributed by atoms with Gasteiger partial charge in [-0.1, -0.05) is 0 Å². The molecule has 2 N–H and O–H groups in total. The Hall–Kier alpha value is -1.10. The van der Waals surface area contributed by atoms with E-state index in [1.165, 1.54) is 32.7 Å². The van der Waals surface area contributed by atoms with Crippen LogP contribution in [-0.2, 0) is 14.3 Å². The van der Waals surface area contributed by atoms with Crippen molar-refractivity contribution in [1.82, 2.24) is 5.32 Å². The Morgan fingerprint density at radius 1 is 1.41 bits per heavy atom. The zero-order valence-corrected chi connectivity index (χ0v) is 10.7. The van der Waals surface area contributed by atoms with Crippen LogP contribution >= 0.6 is 0 Å². The molecule has 1 saturated heterocycles. The Labute approximate surface area is 103 Å². The average molecular weight is 245 g/mol. The van der Waals surface area contributed by atoms with E-state index >= 15 is 0 Å². The lowest BCUT2D eigenvalue weighted by atomic mass is 9.95. The van der Waals surface area contributed by atoms with Gasteiger partial charge in [-0.05, 0) is 44.7 Å². The van der Waals surface area contributed by atoms with Gasteiger partial charge in [0.05, 0.1) is 6.61 Å². The third-order valence-electron chi connectivity index (χ3n) is 2.46. The second-order valence-corrected chi connectivity index (χ2v) is 4.21. The number of rotatable bonds is 4. The molecule has 0 aromatic heterocycles. The fourth-order valence-corrected chi connectivity index (χ4v) is 1.76. The third kappa shape index (κ3) is 12.8. The first kappa shape index (κ1) is 15.9. The minimum atomic E-state index is -0.833. The van der Waals surface area contributed by atoms with Crippen molar-refractivity contribution in [2.75, 3.05) is 19.7 Å². The molecule has 0 spiro atoms. The van der Waals surface area contributed by atoms with Gasteiger partial charge < -0.3 is 15.2 Å². The number of piperidine rings is 1. The number of nitrogens with one attached hydrogen (secondary N) is 1. The number of aliphatic carboxylic acids is 1. The predicted octanol–water partition coefficient (Wildman–Crippen LogP) is 1.42. The molecule has 5 heteroatoms. The average Bonchev–Trinajstić information content (AvgIpc) is 2.25. The summed E-state index contributed by atoms with van der Waals surface area (Å²) in [5.74, 6) is -0.203. The topological polar surface area (TPSA) is 75.6 Å². The Morgan fingerprint density at radius 2 is 2.06 bits per heavy atom. The van der Waals surface area contributed by atoms with E-state index in [1.807, 2.05) is 0 Å². The summed E-state index contributed by atoms with van der Waals surface area (Å²) < 4.78 is 4.87. The third-order valence-corrected chi connectivity index (χ3v) is 2.46. The molecule has 0 aliphatic carbocycles. The van der Waals surface area contributed by atoms with E-state index in [0.717, 1.165) is 25.8 Å². The maximum Gasteiger partial charge on any atom is 0.302 e. The van der Waals surface area contributed by atoms with E-state index < -0.39 is 5.97 Å². The summed E-state index contributed by atoms with van der Waals surface area (Å²) in [5, 5.41) is 10.8. The van der Waals surface area contributed by atoms with E-state index in [1.54, 1.807) is 0 Å². The molecule has 1 atom stereocenters. The quantitative estimate of drug-likeness (QED) is 0.578. The van der Waals surface area contributed by atoms with Gasteiger partial charge in [0.2, 0.25) is 0 Å². The van der Waals surface area contributed by atoms with E-state index in [0.29, 0.717) is 6.61 Å². The zero-order valence-electron chi connectivity index (χ0n) is 10.7. The zero-order chi connectivity index (χ0) is 13.1. The van der Waals surface area contributed by atoms with Crippen LogP contribution in [0.1, 0.15) is 39.5 Å². The van der Waals surface area contributed by atoms with E-state index in [9.17, 15) is 4.79 Å². The molecule has 0 bridgehead atoms. The Kier molecular flexibility index (Phi) is 9.43. The molecule has 0 aromatic carbocycles. The lowest BCUT2D eigenvalue weighted by Gasteiger charge is -2.22. The largest absolute Gasteiger partial charge is 0.481 e. The van der Waals surface area contributed by atoms with Crippen molar-refractivity contribution < 1.29 is 19.4 Å².